The Balaban J connectivity index is 1.74. The van der Waals surface area contributed by atoms with Crippen molar-refractivity contribution in [2.75, 3.05) is 13.2 Å². The number of rotatable bonds is 9. The van der Waals surface area contributed by atoms with Crippen LogP contribution in [0.1, 0.15) is 114 Å². The van der Waals surface area contributed by atoms with Crippen molar-refractivity contribution in [3.8, 4) is 0 Å². The predicted molar refractivity (Wildman–Crippen MR) is 186 cm³/mol. The van der Waals surface area contributed by atoms with E-state index < -0.39 is 46.6 Å². The Morgan fingerprint density at radius 3 is 2.12 bits per heavy atom. The Morgan fingerprint density at radius 2 is 1.52 bits per heavy atom. The van der Waals surface area contributed by atoms with E-state index in [2.05, 4.69) is 34.3 Å². The molecule has 0 amide bonds. The fraction of sp³-hybridized carbons (Fsp3) is 0.800. The molecule has 3 unspecified atom stereocenters. The van der Waals surface area contributed by atoms with Crippen molar-refractivity contribution in [1.29, 1.82) is 0 Å². The third-order valence-corrected chi connectivity index (χ3v) is 14.8. The van der Waals surface area contributed by atoms with Crippen LogP contribution in [0.25, 0.3) is 0 Å². The van der Waals surface area contributed by atoms with Crippen molar-refractivity contribution >= 4 is 11.9 Å². The van der Waals surface area contributed by atoms with Gasteiger partial charge in [-0.1, -0.05) is 59.8 Å². The smallest absolute Gasteiger partial charge is 0.333 e. The molecule has 4 N–H and O–H groups in total. The van der Waals surface area contributed by atoms with Crippen LogP contribution in [-0.2, 0) is 19.1 Å². The summed E-state index contributed by atoms with van der Waals surface area (Å²) in [5, 5.41) is 46.9. The van der Waals surface area contributed by atoms with Gasteiger partial charge in [0.25, 0.3) is 0 Å². The number of esters is 2. The van der Waals surface area contributed by atoms with E-state index in [-0.39, 0.29) is 53.2 Å². The van der Waals surface area contributed by atoms with Crippen LogP contribution < -0.4 is 0 Å². The zero-order valence-electron chi connectivity index (χ0n) is 31.1. The number of hydrogen-bond donors (Lipinski definition) is 4. The molecular weight excluding hydrogens is 608 g/mol. The maximum Gasteiger partial charge on any atom is 0.333 e. The standard InChI is InChI=1S/C40H64O8/c1-11-14-28-37(8)18-17-29(41)38(9,23-48-34(46)25(4)13-3)27(37)16-19-39(28,10)36(7)21-26-20-35(5,6)32(44)33(45)40(26,30(42)22-36)24-47-31(43)15-12-2/h11-13,15,26-30,32-33,41-42,44-45H,1,14,16-24H2,2-10H3/b15-12+,25-13+/t26?,27?,28?,29-,30+,32-,33-,36-,37-,38+,39+,40-/m0/s1. The predicted octanol–water partition coefficient (Wildman–Crippen LogP) is 6.31. The molecule has 0 heterocycles. The lowest BCUT2D eigenvalue weighted by Gasteiger charge is -2.70. The summed E-state index contributed by atoms with van der Waals surface area (Å²) in [6, 6.07) is 0. The molecule has 4 saturated carbocycles. The van der Waals surface area contributed by atoms with E-state index in [0.29, 0.717) is 31.3 Å². The van der Waals surface area contributed by atoms with Gasteiger partial charge >= 0.3 is 11.9 Å². The molecule has 0 aromatic carbocycles. The second-order valence-electron chi connectivity index (χ2n) is 17.7. The van der Waals surface area contributed by atoms with Gasteiger partial charge in [0.15, 0.2) is 0 Å². The molecule has 4 aliphatic rings. The van der Waals surface area contributed by atoms with E-state index in [4.69, 9.17) is 9.47 Å². The summed E-state index contributed by atoms with van der Waals surface area (Å²) in [6.45, 7) is 22.5. The number of hydrogen-bond acceptors (Lipinski definition) is 8. The van der Waals surface area contributed by atoms with E-state index in [1.165, 1.54) is 6.08 Å². The lowest BCUT2D eigenvalue weighted by molar-refractivity contribution is -0.276. The van der Waals surface area contributed by atoms with Crippen molar-refractivity contribution in [1.82, 2.24) is 0 Å². The van der Waals surface area contributed by atoms with Crippen molar-refractivity contribution < 1.29 is 39.5 Å². The number of carbonyl (C=O) groups is 2. The Labute approximate surface area is 289 Å². The Kier molecular flexibility index (Phi) is 11.0. The summed E-state index contributed by atoms with van der Waals surface area (Å²) in [6.07, 6.45) is 8.27. The van der Waals surface area contributed by atoms with Gasteiger partial charge in [0.2, 0.25) is 0 Å². The molecule has 4 fully saturated rings. The second-order valence-corrected chi connectivity index (χ2v) is 17.7. The normalized spacial score (nSPS) is 45.9. The van der Waals surface area contributed by atoms with Crippen molar-refractivity contribution in [2.45, 2.75) is 138 Å². The molecule has 48 heavy (non-hydrogen) atoms. The molecule has 0 aromatic heterocycles. The molecule has 12 atom stereocenters. The average molecular weight is 673 g/mol. The van der Waals surface area contributed by atoms with Gasteiger partial charge in [-0.15, -0.1) is 6.58 Å². The number of ether oxygens (including phenoxy) is 2. The fourth-order valence-electron chi connectivity index (χ4n) is 11.5. The third kappa shape index (κ3) is 6.05. The average Bonchev–Trinajstić information content (AvgIpc) is 3.02. The summed E-state index contributed by atoms with van der Waals surface area (Å²) < 4.78 is 11.5. The van der Waals surface area contributed by atoms with Crippen LogP contribution >= 0.6 is 0 Å². The molecule has 8 nitrogen and oxygen atoms in total. The van der Waals surface area contributed by atoms with E-state index >= 15 is 0 Å². The quantitative estimate of drug-likeness (QED) is 0.127. The number of carbonyl (C=O) groups excluding carboxylic acids is 2. The first-order chi connectivity index (χ1) is 22.2. The molecule has 4 aliphatic carbocycles. The molecule has 272 valence electrons. The first kappa shape index (κ1) is 38.8. The maximum atomic E-state index is 12.7. The summed E-state index contributed by atoms with van der Waals surface area (Å²) in [5.74, 6) is -0.843. The van der Waals surface area contributed by atoms with E-state index in [0.717, 1.165) is 25.7 Å². The van der Waals surface area contributed by atoms with Crippen LogP contribution in [0.3, 0.4) is 0 Å². The summed E-state index contributed by atoms with van der Waals surface area (Å²) in [4.78, 5) is 25.2. The zero-order chi connectivity index (χ0) is 36.1. The largest absolute Gasteiger partial charge is 0.462 e. The second kappa shape index (κ2) is 13.6. The highest BCUT2D eigenvalue weighted by atomic mass is 16.5. The van der Waals surface area contributed by atoms with Crippen LogP contribution in [-0.4, -0.2) is 70.0 Å². The van der Waals surface area contributed by atoms with E-state index in [1.807, 2.05) is 26.8 Å². The highest BCUT2D eigenvalue weighted by molar-refractivity contribution is 5.87. The minimum absolute atomic E-state index is 0.0957. The van der Waals surface area contributed by atoms with Crippen LogP contribution in [0.5, 0.6) is 0 Å². The Hall–Kier alpha value is -2.00. The SMILES string of the molecule is C=CCC1[C@@]2(C)CC[C@H](O)[C@](C)(COC(=O)/C(C)=C/C)C2CC[C@@]1(C)[C@@]1(C)CC2CC(C)(C)[C@@H](O)[C@H](O)[C@]2(COC(=O)/C=C/C)[C@H](O)C1. The van der Waals surface area contributed by atoms with Crippen LogP contribution in [0.2, 0.25) is 0 Å². The number of fused-ring (bicyclic) bond motifs is 2. The van der Waals surface area contributed by atoms with Gasteiger partial charge in [-0.25, -0.2) is 9.59 Å². The summed E-state index contributed by atoms with van der Waals surface area (Å²) in [7, 11) is 0. The van der Waals surface area contributed by atoms with Crippen LogP contribution in [0.15, 0.2) is 36.5 Å². The van der Waals surface area contributed by atoms with E-state index in [9.17, 15) is 30.0 Å². The summed E-state index contributed by atoms with van der Waals surface area (Å²) >= 11 is 0. The molecule has 0 saturated heterocycles. The molecule has 0 spiro atoms. The molecule has 0 bridgehead atoms. The van der Waals surface area contributed by atoms with Gasteiger partial charge in [-0.05, 0) is 112 Å². The fourth-order valence-corrected chi connectivity index (χ4v) is 11.5. The molecule has 4 rings (SSSR count). The Bertz CT molecular complexity index is 1290. The molecule has 8 heteroatoms. The Morgan fingerprint density at radius 1 is 0.854 bits per heavy atom. The summed E-state index contributed by atoms with van der Waals surface area (Å²) in [5.41, 5.74) is -2.70. The minimum Gasteiger partial charge on any atom is -0.462 e. The first-order valence-electron chi connectivity index (χ1n) is 18.2. The van der Waals surface area contributed by atoms with Gasteiger partial charge in [-0.2, -0.15) is 0 Å². The van der Waals surface area contributed by atoms with Gasteiger partial charge in [0.1, 0.15) is 6.61 Å². The number of aliphatic hydroxyl groups is 4. The highest BCUT2D eigenvalue weighted by Gasteiger charge is 2.70. The monoisotopic (exact) mass is 672 g/mol. The topological polar surface area (TPSA) is 134 Å². The number of aliphatic hydroxyl groups excluding tert-OH is 4. The first-order valence-corrected chi connectivity index (χ1v) is 18.2. The van der Waals surface area contributed by atoms with Crippen molar-refractivity contribution in [2.24, 2.45) is 50.2 Å². The van der Waals surface area contributed by atoms with Gasteiger partial charge in [0, 0.05) is 17.1 Å². The molecule has 0 aromatic rings. The lowest BCUT2D eigenvalue weighted by atomic mass is 9.35. The van der Waals surface area contributed by atoms with Crippen molar-refractivity contribution in [3.63, 3.8) is 0 Å². The third-order valence-electron chi connectivity index (χ3n) is 14.8. The minimum atomic E-state index is -1.26. The van der Waals surface area contributed by atoms with Crippen LogP contribution in [0, 0.1) is 50.2 Å². The lowest BCUT2D eigenvalue weighted by Crippen LogP contribution is -2.70. The van der Waals surface area contributed by atoms with Crippen LogP contribution in [0.4, 0.5) is 0 Å². The van der Waals surface area contributed by atoms with Crippen molar-refractivity contribution in [3.05, 3.63) is 36.5 Å². The molecule has 0 radical (unpaired) electrons. The van der Waals surface area contributed by atoms with Gasteiger partial charge in [0.05, 0.1) is 36.4 Å². The van der Waals surface area contributed by atoms with Gasteiger partial charge in [-0.3, -0.25) is 0 Å². The van der Waals surface area contributed by atoms with E-state index in [1.54, 1.807) is 26.0 Å². The van der Waals surface area contributed by atoms with Gasteiger partial charge < -0.3 is 29.9 Å². The molecular formula is C40H64O8. The number of allylic oxidation sites excluding steroid dienone is 3. The highest BCUT2D eigenvalue weighted by Crippen LogP contribution is 2.73. The molecule has 0 aliphatic heterocycles. The maximum absolute atomic E-state index is 12.7. The zero-order valence-corrected chi connectivity index (χ0v) is 31.1.